The van der Waals surface area contributed by atoms with Crippen LogP contribution in [0.2, 0.25) is 0 Å². The molecule has 11 nitrogen and oxygen atoms in total. The molecule has 0 fully saturated rings. The highest BCUT2D eigenvalue weighted by atomic mass is 16.6. The number of nitrogens with zero attached hydrogens (tertiary/aromatic N) is 4. The standard InChI is InChI=1S/C17H16N6O5/c1-6-11(7(2)15(23(26)27)8(3)14(6)22(24)25)13-10(5-18)16(19)28-17-12(13)9(4)20-21-17/h13H,19H2,1-4H3,(H,20,21)/t13-/m1/s1. The molecule has 0 amide bonds. The third-order valence-corrected chi connectivity index (χ3v) is 5.01. The van der Waals surface area contributed by atoms with Gasteiger partial charge in [-0.1, -0.05) is 0 Å². The van der Waals surface area contributed by atoms with E-state index in [4.69, 9.17) is 10.5 Å². The number of nitro benzene ring substituents is 2. The maximum absolute atomic E-state index is 11.7. The van der Waals surface area contributed by atoms with Gasteiger partial charge < -0.3 is 10.5 Å². The van der Waals surface area contributed by atoms with Crippen LogP contribution in [0.5, 0.6) is 5.88 Å². The van der Waals surface area contributed by atoms with Gasteiger partial charge in [0.15, 0.2) is 0 Å². The summed E-state index contributed by atoms with van der Waals surface area (Å²) in [7, 11) is 0. The molecular formula is C17H16N6O5. The first-order chi connectivity index (χ1) is 13.1. The Morgan fingerprint density at radius 1 is 1.07 bits per heavy atom. The van der Waals surface area contributed by atoms with E-state index in [-0.39, 0.29) is 51.0 Å². The predicted molar refractivity (Wildman–Crippen MR) is 96.6 cm³/mol. The molecule has 1 aromatic carbocycles. The Balaban J connectivity index is 2.51. The van der Waals surface area contributed by atoms with Gasteiger partial charge in [0.25, 0.3) is 11.4 Å². The largest absolute Gasteiger partial charge is 0.420 e. The van der Waals surface area contributed by atoms with Crippen molar-refractivity contribution in [2.45, 2.75) is 33.6 Å². The Hall–Kier alpha value is -3.94. The average Bonchev–Trinajstić information content (AvgIpc) is 2.94. The lowest BCUT2D eigenvalue weighted by molar-refractivity contribution is -0.396. The SMILES string of the molecule is Cc1[nH]nc2c1[C@@H](c1c(C)c([N+](=O)[O-])c(C)c([N+](=O)[O-])c1C)C(C#N)=C(N)O2. The lowest BCUT2D eigenvalue weighted by Crippen LogP contribution is -2.23. The summed E-state index contributed by atoms with van der Waals surface area (Å²) in [5.74, 6) is -0.953. The number of benzene rings is 1. The normalized spacial score (nSPS) is 15.6. The molecule has 144 valence electrons. The van der Waals surface area contributed by atoms with E-state index >= 15 is 0 Å². The van der Waals surface area contributed by atoms with Gasteiger partial charge in [-0.25, -0.2) is 0 Å². The third kappa shape index (κ3) is 2.46. The first kappa shape index (κ1) is 18.8. The second-order valence-electron chi connectivity index (χ2n) is 6.49. The number of nitrogens with one attached hydrogen (secondary N) is 1. The number of rotatable bonds is 3. The number of ether oxygens (including phenoxy) is 1. The molecule has 0 unspecified atom stereocenters. The van der Waals surface area contributed by atoms with Crippen molar-refractivity contribution in [3.05, 3.63) is 65.2 Å². The molecule has 0 spiro atoms. The van der Waals surface area contributed by atoms with Gasteiger partial charge in [0.1, 0.15) is 17.2 Å². The van der Waals surface area contributed by atoms with E-state index in [0.717, 1.165) is 0 Å². The lowest BCUT2D eigenvalue weighted by atomic mass is 9.78. The summed E-state index contributed by atoms with van der Waals surface area (Å²) in [6, 6.07) is 1.97. The fraction of sp³-hybridized carbons (Fsp3) is 0.294. The molecule has 1 atom stereocenters. The molecule has 2 heterocycles. The van der Waals surface area contributed by atoms with Gasteiger partial charge in [-0.2, -0.15) is 5.26 Å². The molecule has 28 heavy (non-hydrogen) atoms. The van der Waals surface area contributed by atoms with Gasteiger partial charge in [-0.15, -0.1) is 5.10 Å². The van der Waals surface area contributed by atoms with E-state index in [1.165, 1.54) is 20.8 Å². The van der Waals surface area contributed by atoms with Crippen molar-refractivity contribution in [2.24, 2.45) is 5.73 Å². The first-order valence-electron chi connectivity index (χ1n) is 8.16. The minimum atomic E-state index is -0.884. The van der Waals surface area contributed by atoms with Crippen molar-refractivity contribution in [3.8, 4) is 11.9 Å². The van der Waals surface area contributed by atoms with Crippen molar-refractivity contribution in [1.82, 2.24) is 10.2 Å². The van der Waals surface area contributed by atoms with Crippen LogP contribution < -0.4 is 10.5 Å². The van der Waals surface area contributed by atoms with Gasteiger partial charge in [0, 0.05) is 22.4 Å². The number of fused-ring (bicyclic) bond motifs is 1. The predicted octanol–water partition coefficient (Wildman–Crippen LogP) is 2.68. The summed E-state index contributed by atoms with van der Waals surface area (Å²) in [6.45, 7) is 6.05. The fourth-order valence-electron chi connectivity index (χ4n) is 3.88. The molecule has 0 aliphatic carbocycles. The molecule has 3 N–H and O–H groups in total. The van der Waals surface area contributed by atoms with E-state index in [9.17, 15) is 25.5 Å². The number of aromatic amines is 1. The molecule has 2 aromatic rings. The van der Waals surface area contributed by atoms with Gasteiger partial charge in [-0.05, 0) is 33.3 Å². The summed E-state index contributed by atoms with van der Waals surface area (Å²) in [6.07, 6.45) is 0. The highest BCUT2D eigenvalue weighted by molar-refractivity contribution is 5.70. The zero-order valence-corrected chi connectivity index (χ0v) is 15.5. The lowest BCUT2D eigenvalue weighted by Gasteiger charge is -2.26. The quantitative estimate of drug-likeness (QED) is 0.599. The number of nitrogens with two attached hydrogens (primary N) is 1. The summed E-state index contributed by atoms with van der Waals surface area (Å²) in [4.78, 5) is 22.1. The molecule has 0 bridgehead atoms. The molecule has 1 aromatic heterocycles. The average molecular weight is 384 g/mol. The van der Waals surface area contributed by atoms with Crippen LogP contribution in [0.25, 0.3) is 0 Å². The minimum absolute atomic E-state index is 0.00986. The van der Waals surface area contributed by atoms with Gasteiger partial charge in [0.05, 0.1) is 15.8 Å². The number of hydrogen-bond acceptors (Lipinski definition) is 8. The number of aromatic nitrogens is 2. The molecule has 0 radical (unpaired) electrons. The maximum atomic E-state index is 11.7. The first-order valence-corrected chi connectivity index (χ1v) is 8.16. The van der Waals surface area contributed by atoms with E-state index in [1.807, 2.05) is 6.07 Å². The van der Waals surface area contributed by atoms with E-state index in [1.54, 1.807) is 6.92 Å². The van der Waals surface area contributed by atoms with Crippen LogP contribution in [-0.2, 0) is 0 Å². The topological polar surface area (TPSA) is 174 Å². The smallest absolute Gasteiger partial charge is 0.282 e. The zero-order chi connectivity index (χ0) is 20.9. The summed E-state index contributed by atoms with van der Waals surface area (Å²) < 4.78 is 5.39. The van der Waals surface area contributed by atoms with Gasteiger partial charge in [-0.3, -0.25) is 25.3 Å². The number of nitro groups is 2. The van der Waals surface area contributed by atoms with Gasteiger partial charge in [0.2, 0.25) is 11.8 Å². The highest BCUT2D eigenvalue weighted by Crippen LogP contribution is 2.48. The molecule has 11 heteroatoms. The van der Waals surface area contributed by atoms with E-state index in [0.29, 0.717) is 11.3 Å². The number of aryl methyl sites for hydroxylation is 1. The fourth-order valence-corrected chi connectivity index (χ4v) is 3.88. The Kier molecular flexibility index (Phi) is 4.27. The second kappa shape index (κ2) is 6.34. The molecule has 0 saturated heterocycles. The van der Waals surface area contributed by atoms with Gasteiger partial charge >= 0.3 is 0 Å². The zero-order valence-electron chi connectivity index (χ0n) is 15.5. The number of hydrogen-bond donors (Lipinski definition) is 2. The van der Waals surface area contributed by atoms with E-state index in [2.05, 4.69) is 10.2 Å². The number of nitriles is 1. The minimum Gasteiger partial charge on any atom is -0.420 e. The molecule has 1 aliphatic heterocycles. The van der Waals surface area contributed by atoms with Crippen LogP contribution in [0.1, 0.15) is 39.4 Å². The highest BCUT2D eigenvalue weighted by Gasteiger charge is 2.40. The van der Waals surface area contributed by atoms with Crippen LogP contribution in [0.3, 0.4) is 0 Å². The maximum Gasteiger partial charge on any atom is 0.282 e. The summed E-state index contributed by atoms with van der Waals surface area (Å²) in [5, 5.41) is 39.8. The van der Waals surface area contributed by atoms with Crippen LogP contribution in [0, 0.1) is 59.3 Å². The Bertz CT molecular complexity index is 1080. The van der Waals surface area contributed by atoms with Crippen LogP contribution >= 0.6 is 0 Å². The van der Waals surface area contributed by atoms with Crippen molar-refractivity contribution >= 4 is 11.4 Å². The summed E-state index contributed by atoms with van der Waals surface area (Å²) in [5.41, 5.74) is 6.87. The molecule has 0 saturated carbocycles. The van der Waals surface area contributed by atoms with Crippen molar-refractivity contribution in [2.75, 3.05) is 0 Å². The Morgan fingerprint density at radius 2 is 1.61 bits per heavy atom. The monoisotopic (exact) mass is 384 g/mol. The van der Waals surface area contributed by atoms with Crippen molar-refractivity contribution in [1.29, 1.82) is 5.26 Å². The molecule has 3 rings (SSSR count). The third-order valence-electron chi connectivity index (χ3n) is 5.01. The van der Waals surface area contributed by atoms with Crippen molar-refractivity contribution < 1.29 is 14.6 Å². The Labute approximate surface area is 158 Å². The molecular weight excluding hydrogens is 368 g/mol. The second-order valence-corrected chi connectivity index (χ2v) is 6.49. The van der Waals surface area contributed by atoms with E-state index < -0.39 is 15.8 Å². The number of allylic oxidation sites excluding steroid dienone is 1. The van der Waals surface area contributed by atoms with Crippen LogP contribution in [0.4, 0.5) is 11.4 Å². The van der Waals surface area contributed by atoms with Crippen LogP contribution in [-0.4, -0.2) is 20.0 Å². The van der Waals surface area contributed by atoms with Crippen molar-refractivity contribution in [3.63, 3.8) is 0 Å². The van der Waals surface area contributed by atoms with Crippen LogP contribution in [0.15, 0.2) is 11.5 Å². The summed E-state index contributed by atoms with van der Waals surface area (Å²) >= 11 is 0. The molecule has 1 aliphatic rings. The number of H-pyrrole nitrogens is 1. The Morgan fingerprint density at radius 3 is 2.07 bits per heavy atom.